The summed E-state index contributed by atoms with van der Waals surface area (Å²) in [6.07, 6.45) is 54.8. The Kier molecular flexibility index (Phi) is 64.4. The lowest BCUT2D eigenvalue weighted by molar-refractivity contribution is -0.161. The molecule has 0 radical (unpaired) electrons. The highest BCUT2D eigenvalue weighted by Gasteiger charge is 2.30. The smallest absolute Gasteiger partial charge is 0.462 e. The number of phosphoric acid groups is 2. The van der Waals surface area contributed by atoms with E-state index in [4.69, 9.17) is 37.0 Å². The SMILES string of the molecule is CCCCCC/C=C\C=C/CCCCCCCC(=O)O[C@H](COC(=O)CCCCCCCCCCC(C)CC)COP(=O)(O)OC[C@@H](O)COP(=O)(O)OC[C@@H](COC(=O)CCCCCCCCC(C)CC)OC(=O)CCCCCCCCCCCCCCCCC(C)CC. The van der Waals surface area contributed by atoms with Gasteiger partial charge in [-0.25, -0.2) is 9.13 Å². The number of unbranched alkanes of at least 4 members (excludes halogenated alkanes) is 34. The molecule has 0 amide bonds. The lowest BCUT2D eigenvalue weighted by Crippen LogP contribution is -2.30. The summed E-state index contributed by atoms with van der Waals surface area (Å²) in [6, 6.07) is 0. The van der Waals surface area contributed by atoms with Crippen LogP contribution >= 0.6 is 15.6 Å². The second kappa shape index (κ2) is 66.1. The molecule has 0 heterocycles. The highest BCUT2D eigenvalue weighted by atomic mass is 31.2. The Morgan fingerprint density at radius 1 is 0.337 bits per heavy atom. The molecular weight excluding hydrogens is 1250 g/mol. The van der Waals surface area contributed by atoms with Gasteiger partial charge in [-0.15, -0.1) is 0 Å². The largest absolute Gasteiger partial charge is 0.472 e. The Bertz CT molecular complexity index is 1950. The minimum atomic E-state index is -4.96. The Morgan fingerprint density at radius 2 is 0.589 bits per heavy atom. The molecule has 0 aliphatic carbocycles. The molecule has 0 rings (SSSR count). The Labute approximate surface area is 580 Å². The average Bonchev–Trinajstić information content (AvgIpc) is 3.76. The van der Waals surface area contributed by atoms with Crippen LogP contribution in [0.2, 0.25) is 0 Å². The summed E-state index contributed by atoms with van der Waals surface area (Å²) in [7, 11) is -9.93. The van der Waals surface area contributed by atoms with E-state index < -0.39 is 97.5 Å². The first-order valence-electron chi connectivity index (χ1n) is 38.8. The zero-order valence-electron chi connectivity index (χ0n) is 61.6. The molecule has 0 aromatic rings. The summed E-state index contributed by atoms with van der Waals surface area (Å²) in [4.78, 5) is 72.8. The number of phosphoric ester groups is 2. The van der Waals surface area contributed by atoms with Crippen LogP contribution in [0.15, 0.2) is 24.3 Å². The molecule has 5 unspecified atom stereocenters. The van der Waals surface area contributed by atoms with Crippen LogP contribution in [0.25, 0.3) is 0 Å². The molecule has 17 nitrogen and oxygen atoms in total. The van der Waals surface area contributed by atoms with Gasteiger partial charge in [-0.3, -0.25) is 37.3 Å². The van der Waals surface area contributed by atoms with Crippen molar-refractivity contribution in [3.05, 3.63) is 24.3 Å². The van der Waals surface area contributed by atoms with Gasteiger partial charge in [0.2, 0.25) is 0 Å². The minimum Gasteiger partial charge on any atom is -0.462 e. The number of hydrogen-bond acceptors (Lipinski definition) is 15. The first-order valence-corrected chi connectivity index (χ1v) is 41.8. The fourth-order valence-corrected chi connectivity index (χ4v) is 12.5. The van der Waals surface area contributed by atoms with Gasteiger partial charge in [0.1, 0.15) is 19.3 Å². The Morgan fingerprint density at radius 3 is 0.884 bits per heavy atom. The molecule has 3 N–H and O–H groups in total. The molecule has 0 fully saturated rings. The quantitative estimate of drug-likeness (QED) is 0.0169. The van der Waals surface area contributed by atoms with Crippen LogP contribution in [0.3, 0.4) is 0 Å². The van der Waals surface area contributed by atoms with Gasteiger partial charge in [-0.2, -0.15) is 0 Å². The molecule has 560 valence electrons. The van der Waals surface area contributed by atoms with Crippen LogP contribution < -0.4 is 0 Å². The van der Waals surface area contributed by atoms with Crippen molar-refractivity contribution in [3.63, 3.8) is 0 Å². The maximum Gasteiger partial charge on any atom is 0.472 e. The number of aliphatic hydroxyl groups excluding tert-OH is 1. The molecule has 0 aliphatic rings. The van der Waals surface area contributed by atoms with Crippen molar-refractivity contribution in [3.8, 4) is 0 Å². The van der Waals surface area contributed by atoms with Crippen molar-refractivity contribution in [1.82, 2.24) is 0 Å². The van der Waals surface area contributed by atoms with Crippen molar-refractivity contribution in [2.24, 2.45) is 17.8 Å². The molecule has 0 aromatic carbocycles. The van der Waals surface area contributed by atoms with E-state index >= 15 is 0 Å². The predicted molar refractivity (Wildman–Crippen MR) is 386 cm³/mol. The van der Waals surface area contributed by atoms with Gasteiger partial charge in [-0.1, -0.05) is 310 Å². The summed E-state index contributed by atoms with van der Waals surface area (Å²) in [5, 5.41) is 10.6. The second-order valence-electron chi connectivity index (χ2n) is 27.4. The topological polar surface area (TPSA) is 237 Å². The molecule has 0 spiro atoms. The molecule has 0 aromatic heterocycles. The average molecular weight is 1390 g/mol. The van der Waals surface area contributed by atoms with Gasteiger partial charge in [0.05, 0.1) is 26.4 Å². The molecule has 95 heavy (non-hydrogen) atoms. The van der Waals surface area contributed by atoms with Gasteiger partial charge >= 0.3 is 39.5 Å². The standard InChI is InChI=1S/C76H144O17P2/c1-8-12-13-14-15-16-17-18-19-23-26-29-36-45-52-59-75(80)92-71(63-86-73(78)57-50-43-35-32-31-34-41-48-55-68(6)10-3)65-90-94(82,83)88-61-70(77)62-89-95(84,85)91-66-72(64-87-74(79)58-51-44-39-38-42-49-56-69(7)11-4)93-76(81)60-53-46-37-30-27-24-21-20-22-25-28-33-40-47-54-67(5)9-2/h16-19,67-72,77H,8-15,20-66H2,1-7H3,(H,82,83)(H,84,85)/b17-16-,19-18-/t67?,68?,69?,70-,71-,72-/m1/s1. The summed E-state index contributed by atoms with van der Waals surface area (Å²) in [6.45, 7) is 11.8. The van der Waals surface area contributed by atoms with Gasteiger partial charge in [0, 0.05) is 25.7 Å². The van der Waals surface area contributed by atoms with E-state index in [1.807, 2.05) is 0 Å². The maximum absolute atomic E-state index is 13.1. The minimum absolute atomic E-state index is 0.0842. The van der Waals surface area contributed by atoms with Crippen LogP contribution in [-0.4, -0.2) is 96.7 Å². The first kappa shape index (κ1) is 92.5. The van der Waals surface area contributed by atoms with Crippen LogP contribution in [0.5, 0.6) is 0 Å². The number of ether oxygens (including phenoxy) is 4. The van der Waals surface area contributed by atoms with Crippen molar-refractivity contribution >= 4 is 39.5 Å². The number of carbonyl (C=O) groups is 4. The number of allylic oxidation sites excluding steroid dienone is 4. The van der Waals surface area contributed by atoms with Crippen molar-refractivity contribution < 1.29 is 80.2 Å². The molecule has 0 bridgehead atoms. The van der Waals surface area contributed by atoms with Gasteiger partial charge in [0.25, 0.3) is 0 Å². The monoisotopic (exact) mass is 1390 g/mol. The lowest BCUT2D eigenvalue weighted by atomic mass is 9.99. The van der Waals surface area contributed by atoms with Gasteiger partial charge < -0.3 is 33.8 Å². The Hall–Kier alpha value is -2.46. The fourth-order valence-electron chi connectivity index (χ4n) is 11.0. The van der Waals surface area contributed by atoms with E-state index in [0.717, 1.165) is 127 Å². The molecule has 0 aliphatic heterocycles. The Balaban J connectivity index is 5.28. The number of carbonyl (C=O) groups excluding carboxylic acids is 4. The third-order valence-electron chi connectivity index (χ3n) is 18.1. The molecule has 0 saturated heterocycles. The number of esters is 4. The molecular formula is C76H144O17P2. The summed E-state index contributed by atoms with van der Waals surface area (Å²) >= 11 is 0. The summed E-state index contributed by atoms with van der Waals surface area (Å²) < 4.78 is 68.5. The van der Waals surface area contributed by atoms with E-state index in [0.29, 0.717) is 25.7 Å². The third kappa shape index (κ3) is 65.9. The van der Waals surface area contributed by atoms with Gasteiger partial charge in [-0.05, 0) is 69.1 Å². The molecule has 8 atom stereocenters. The second-order valence-corrected chi connectivity index (χ2v) is 30.3. The summed E-state index contributed by atoms with van der Waals surface area (Å²) in [5.41, 5.74) is 0. The van der Waals surface area contributed by atoms with Crippen molar-refractivity contribution in [1.29, 1.82) is 0 Å². The number of hydrogen-bond donors (Lipinski definition) is 3. The van der Waals surface area contributed by atoms with Crippen LogP contribution in [-0.2, 0) is 65.4 Å². The van der Waals surface area contributed by atoms with Crippen LogP contribution in [0.1, 0.15) is 363 Å². The number of rotatable bonds is 72. The molecule has 0 saturated carbocycles. The van der Waals surface area contributed by atoms with Crippen molar-refractivity contribution in [2.75, 3.05) is 39.6 Å². The van der Waals surface area contributed by atoms with E-state index in [-0.39, 0.29) is 25.7 Å². The van der Waals surface area contributed by atoms with Crippen LogP contribution in [0, 0.1) is 17.8 Å². The maximum atomic E-state index is 13.1. The predicted octanol–water partition coefficient (Wildman–Crippen LogP) is 21.7. The van der Waals surface area contributed by atoms with E-state index in [9.17, 15) is 43.2 Å². The van der Waals surface area contributed by atoms with E-state index in [2.05, 4.69) is 72.8 Å². The van der Waals surface area contributed by atoms with E-state index in [1.165, 1.54) is 154 Å². The fraction of sp³-hybridized carbons (Fsp3) is 0.895. The normalized spacial score (nSPS) is 15.1. The van der Waals surface area contributed by atoms with E-state index in [1.54, 1.807) is 0 Å². The highest BCUT2D eigenvalue weighted by Crippen LogP contribution is 2.45. The zero-order chi connectivity index (χ0) is 70.1. The number of aliphatic hydroxyl groups is 1. The zero-order valence-corrected chi connectivity index (χ0v) is 63.4. The highest BCUT2D eigenvalue weighted by molar-refractivity contribution is 7.47. The molecule has 19 heteroatoms. The third-order valence-corrected chi connectivity index (χ3v) is 20.0. The first-order chi connectivity index (χ1) is 45.8. The summed E-state index contributed by atoms with van der Waals surface area (Å²) in [5.74, 6) is 0.198. The van der Waals surface area contributed by atoms with Gasteiger partial charge in [0.15, 0.2) is 12.2 Å². The lowest BCUT2D eigenvalue weighted by Gasteiger charge is -2.21. The van der Waals surface area contributed by atoms with Crippen molar-refractivity contribution in [2.45, 2.75) is 381 Å². The van der Waals surface area contributed by atoms with Crippen LogP contribution in [0.4, 0.5) is 0 Å².